The third-order valence-corrected chi connectivity index (χ3v) is 4.11. The van der Waals surface area contributed by atoms with E-state index in [1.165, 1.54) is 0 Å². The monoisotopic (exact) mass is 389 g/mol. The van der Waals surface area contributed by atoms with Gasteiger partial charge in [0.15, 0.2) is 11.5 Å². The molecule has 0 bridgehead atoms. The van der Waals surface area contributed by atoms with Crippen molar-refractivity contribution in [2.24, 2.45) is 0 Å². The number of ether oxygens (including phenoxy) is 2. The van der Waals surface area contributed by atoms with E-state index in [4.69, 9.17) is 9.47 Å². The Hall–Kier alpha value is -2.05. The molecule has 0 aliphatic rings. The summed E-state index contributed by atoms with van der Waals surface area (Å²) in [6, 6.07) is 12.0. The van der Waals surface area contributed by atoms with Gasteiger partial charge in [-0.3, -0.25) is 0 Å². The SMILES string of the molecule is CCOc1c(CNCc2nc3ccccc3[nH]2)cc(Br)cc1OC. The van der Waals surface area contributed by atoms with Crippen LogP contribution in [0.15, 0.2) is 40.9 Å². The Bertz CT molecular complexity index is 799. The lowest BCUT2D eigenvalue weighted by molar-refractivity contribution is 0.306. The lowest BCUT2D eigenvalue weighted by Crippen LogP contribution is -2.15. The Morgan fingerprint density at radius 2 is 2.04 bits per heavy atom. The normalized spacial score (nSPS) is 11.0. The average molecular weight is 390 g/mol. The first-order valence-corrected chi connectivity index (χ1v) is 8.64. The molecule has 126 valence electrons. The Morgan fingerprint density at radius 1 is 1.21 bits per heavy atom. The predicted octanol–water partition coefficient (Wildman–Crippen LogP) is 4.02. The van der Waals surface area contributed by atoms with Crippen molar-refractivity contribution in [3.8, 4) is 11.5 Å². The van der Waals surface area contributed by atoms with Gasteiger partial charge in [0.1, 0.15) is 5.82 Å². The van der Waals surface area contributed by atoms with Gasteiger partial charge in [-0.15, -0.1) is 0 Å². The summed E-state index contributed by atoms with van der Waals surface area (Å²) in [7, 11) is 1.65. The summed E-state index contributed by atoms with van der Waals surface area (Å²) >= 11 is 3.52. The van der Waals surface area contributed by atoms with E-state index >= 15 is 0 Å². The number of aromatic nitrogens is 2. The number of rotatable bonds is 7. The van der Waals surface area contributed by atoms with Crippen LogP contribution in [-0.4, -0.2) is 23.7 Å². The van der Waals surface area contributed by atoms with Crippen LogP contribution in [0.2, 0.25) is 0 Å². The number of nitrogens with one attached hydrogen (secondary N) is 2. The maximum atomic E-state index is 5.76. The van der Waals surface area contributed by atoms with Crippen LogP contribution < -0.4 is 14.8 Å². The molecule has 6 heteroatoms. The number of nitrogens with zero attached hydrogens (tertiary/aromatic N) is 1. The number of fused-ring (bicyclic) bond motifs is 1. The minimum Gasteiger partial charge on any atom is -0.493 e. The van der Waals surface area contributed by atoms with E-state index in [9.17, 15) is 0 Å². The van der Waals surface area contributed by atoms with E-state index in [1.54, 1.807) is 7.11 Å². The molecule has 0 saturated carbocycles. The second-order valence-electron chi connectivity index (χ2n) is 5.33. The van der Waals surface area contributed by atoms with Crippen molar-refractivity contribution in [3.05, 3.63) is 52.3 Å². The van der Waals surface area contributed by atoms with E-state index in [0.717, 1.165) is 38.4 Å². The quantitative estimate of drug-likeness (QED) is 0.640. The summed E-state index contributed by atoms with van der Waals surface area (Å²) in [5, 5.41) is 3.41. The van der Waals surface area contributed by atoms with Gasteiger partial charge in [0.2, 0.25) is 0 Å². The van der Waals surface area contributed by atoms with Gasteiger partial charge in [-0.1, -0.05) is 28.1 Å². The second-order valence-corrected chi connectivity index (χ2v) is 6.25. The van der Waals surface area contributed by atoms with Crippen LogP contribution >= 0.6 is 15.9 Å². The van der Waals surface area contributed by atoms with Crippen LogP contribution in [0.5, 0.6) is 11.5 Å². The van der Waals surface area contributed by atoms with Gasteiger partial charge in [0.05, 0.1) is 31.3 Å². The highest BCUT2D eigenvalue weighted by molar-refractivity contribution is 9.10. The van der Waals surface area contributed by atoms with Crippen LogP contribution in [0.25, 0.3) is 11.0 Å². The third kappa shape index (κ3) is 3.71. The molecule has 0 radical (unpaired) electrons. The maximum Gasteiger partial charge on any atom is 0.165 e. The zero-order chi connectivity index (χ0) is 16.9. The Balaban J connectivity index is 1.72. The van der Waals surface area contributed by atoms with Crippen molar-refractivity contribution < 1.29 is 9.47 Å². The van der Waals surface area contributed by atoms with Gasteiger partial charge in [-0.25, -0.2) is 4.98 Å². The van der Waals surface area contributed by atoms with E-state index in [1.807, 2.05) is 43.3 Å². The van der Waals surface area contributed by atoms with E-state index in [0.29, 0.717) is 19.7 Å². The van der Waals surface area contributed by atoms with Crippen molar-refractivity contribution in [1.29, 1.82) is 0 Å². The number of imidazole rings is 1. The lowest BCUT2D eigenvalue weighted by Gasteiger charge is -2.15. The number of benzene rings is 2. The summed E-state index contributed by atoms with van der Waals surface area (Å²) in [6.45, 7) is 3.86. The molecular weight excluding hydrogens is 370 g/mol. The Kier molecular flexibility index (Phi) is 5.37. The Labute approximate surface area is 149 Å². The summed E-state index contributed by atoms with van der Waals surface area (Å²) < 4.78 is 12.1. The van der Waals surface area contributed by atoms with Gasteiger partial charge >= 0.3 is 0 Å². The van der Waals surface area contributed by atoms with Crippen LogP contribution in [0.3, 0.4) is 0 Å². The van der Waals surface area contributed by atoms with Crippen LogP contribution in [-0.2, 0) is 13.1 Å². The molecule has 3 rings (SSSR count). The van der Waals surface area contributed by atoms with Crippen molar-refractivity contribution in [1.82, 2.24) is 15.3 Å². The van der Waals surface area contributed by atoms with Gasteiger partial charge < -0.3 is 19.8 Å². The number of para-hydroxylation sites is 2. The molecule has 0 atom stereocenters. The summed E-state index contributed by atoms with van der Waals surface area (Å²) in [5.74, 6) is 2.42. The molecule has 0 aliphatic heterocycles. The standard InChI is InChI=1S/C18H20BrN3O2/c1-3-24-18-12(8-13(19)9-16(18)23-2)10-20-11-17-21-14-6-4-5-7-15(14)22-17/h4-9,20H,3,10-11H2,1-2H3,(H,21,22). The van der Waals surface area contributed by atoms with Gasteiger partial charge in [-0.2, -0.15) is 0 Å². The molecule has 0 amide bonds. The third-order valence-electron chi connectivity index (χ3n) is 3.65. The van der Waals surface area contributed by atoms with E-state index < -0.39 is 0 Å². The first-order chi connectivity index (χ1) is 11.7. The number of hydrogen-bond acceptors (Lipinski definition) is 4. The van der Waals surface area contributed by atoms with E-state index in [2.05, 4.69) is 31.2 Å². The largest absolute Gasteiger partial charge is 0.493 e. The molecule has 0 fully saturated rings. The molecule has 3 aromatic rings. The van der Waals surface area contributed by atoms with E-state index in [-0.39, 0.29) is 0 Å². The molecule has 5 nitrogen and oxygen atoms in total. The fraction of sp³-hybridized carbons (Fsp3) is 0.278. The van der Waals surface area contributed by atoms with Crippen LogP contribution in [0.4, 0.5) is 0 Å². The van der Waals surface area contributed by atoms with Gasteiger partial charge in [0, 0.05) is 16.6 Å². The smallest absolute Gasteiger partial charge is 0.165 e. The van der Waals surface area contributed by atoms with Gasteiger partial charge in [0.25, 0.3) is 0 Å². The van der Waals surface area contributed by atoms with Crippen LogP contribution in [0, 0.1) is 0 Å². The molecule has 24 heavy (non-hydrogen) atoms. The first kappa shape index (κ1) is 16.8. The minimum atomic E-state index is 0.592. The number of methoxy groups -OCH3 is 1. The fourth-order valence-corrected chi connectivity index (χ4v) is 3.10. The number of hydrogen-bond donors (Lipinski definition) is 2. The average Bonchev–Trinajstić information content (AvgIpc) is 2.99. The highest BCUT2D eigenvalue weighted by atomic mass is 79.9. The first-order valence-electron chi connectivity index (χ1n) is 7.84. The minimum absolute atomic E-state index is 0.592. The number of H-pyrrole nitrogens is 1. The molecule has 2 aromatic carbocycles. The zero-order valence-corrected chi connectivity index (χ0v) is 15.3. The molecule has 2 N–H and O–H groups in total. The highest BCUT2D eigenvalue weighted by Gasteiger charge is 2.12. The molecular formula is C18H20BrN3O2. The molecule has 1 heterocycles. The number of halogens is 1. The maximum absolute atomic E-state index is 5.76. The van der Waals surface area contributed by atoms with Crippen molar-refractivity contribution in [3.63, 3.8) is 0 Å². The second kappa shape index (κ2) is 7.68. The summed E-state index contributed by atoms with van der Waals surface area (Å²) in [4.78, 5) is 7.89. The fourth-order valence-electron chi connectivity index (χ4n) is 2.62. The van der Waals surface area contributed by atoms with Crippen molar-refractivity contribution >= 4 is 27.0 Å². The highest BCUT2D eigenvalue weighted by Crippen LogP contribution is 2.34. The molecule has 0 saturated heterocycles. The predicted molar refractivity (Wildman–Crippen MR) is 98.5 cm³/mol. The Morgan fingerprint density at radius 3 is 2.79 bits per heavy atom. The molecule has 1 aromatic heterocycles. The summed E-state index contributed by atoms with van der Waals surface area (Å²) in [6.07, 6.45) is 0. The lowest BCUT2D eigenvalue weighted by atomic mass is 10.2. The summed E-state index contributed by atoms with van der Waals surface area (Å²) in [5.41, 5.74) is 3.07. The molecule has 0 aliphatic carbocycles. The van der Waals surface area contributed by atoms with Crippen molar-refractivity contribution in [2.75, 3.05) is 13.7 Å². The zero-order valence-electron chi connectivity index (χ0n) is 13.7. The van der Waals surface area contributed by atoms with Crippen LogP contribution in [0.1, 0.15) is 18.3 Å². The molecule has 0 unspecified atom stereocenters. The molecule has 0 spiro atoms. The topological polar surface area (TPSA) is 59.2 Å². The number of aromatic amines is 1. The van der Waals surface area contributed by atoms with Crippen molar-refractivity contribution in [2.45, 2.75) is 20.0 Å². The van der Waals surface area contributed by atoms with Gasteiger partial charge in [-0.05, 0) is 31.2 Å².